The highest BCUT2D eigenvalue weighted by Gasteiger charge is 2.04. The Bertz CT molecular complexity index is 508. The average Bonchev–Trinajstić information content (AvgIpc) is 2.33. The third kappa shape index (κ3) is 2.84. The molecule has 0 aliphatic heterocycles. The van der Waals surface area contributed by atoms with Crippen LogP contribution in [-0.4, -0.2) is 6.54 Å². The summed E-state index contributed by atoms with van der Waals surface area (Å²) in [6.45, 7) is 0.445. The van der Waals surface area contributed by atoms with Crippen molar-refractivity contribution in [3.8, 4) is 11.1 Å². The molecule has 0 heterocycles. The van der Waals surface area contributed by atoms with Crippen LogP contribution >= 0.6 is 11.6 Å². The summed E-state index contributed by atoms with van der Waals surface area (Å²) in [5.74, 6) is -0.201. The zero-order chi connectivity index (χ0) is 12.3. The molecule has 0 aliphatic carbocycles. The molecule has 0 bridgehead atoms. The summed E-state index contributed by atoms with van der Waals surface area (Å²) < 4.78 is 13.5. The third-order valence-electron chi connectivity index (χ3n) is 2.64. The highest BCUT2D eigenvalue weighted by Crippen LogP contribution is 2.23. The molecule has 0 unspecified atom stereocenters. The molecule has 0 atom stereocenters. The molecule has 0 saturated heterocycles. The quantitative estimate of drug-likeness (QED) is 0.883. The van der Waals surface area contributed by atoms with Crippen molar-refractivity contribution in [3.63, 3.8) is 0 Å². The minimum atomic E-state index is -0.201. The van der Waals surface area contributed by atoms with Crippen molar-refractivity contribution in [2.75, 3.05) is 6.54 Å². The molecule has 0 spiro atoms. The first-order valence-electron chi connectivity index (χ1n) is 5.45. The van der Waals surface area contributed by atoms with Crippen molar-refractivity contribution in [1.29, 1.82) is 0 Å². The van der Waals surface area contributed by atoms with E-state index in [9.17, 15) is 4.39 Å². The molecule has 2 rings (SSSR count). The van der Waals surface area contributed by atoms with E-state index in [1.807, 2.05) is 30.3 Å². The Kier molecular flexibility index (Phi) is 3.77. The van der Waals surface area contributed by atoms with Gasteiger partial charge in [0, 0.05) is 5.02 Å². The minimum absolute atomic E-state index is 0.201. The van der Waals surface area contributed by atoms with Crippen molar-refractivity contribution in [2.45, 2.75) is 6.42 Å². The van der Waals surface area contributed by atoms with E-state index in [0.717, 1.165) is 11.1 Å². The van der Waals surface area contributed by atoms with Crippen LogP contribution in [0.25, 0.3) is 11.1 Å². The van der Waals surface area contributed by atoms with Gasteiger partial charge >= 0.3 is 0 Å². The highest BCUT2D eigenvalue weighted by molar-refractivity contribution is 6.30. The van der Waals surface area contributed by atoms with Gasteiger partial charge in [0.2, 0.25) is 0 Å². The third-order valence-corrected chi connectivity index (χ3v) is 2.89. The van der Waals surface area contributed by atoms with Gasteiger partial charge in [0.05, 0.1) is 0 Å². The SMILES string of the molecule is NCCc1cc(-c2ccc(Cl)cc2)ccc1F. The predicted molar refractivity (Wildman–Crippen MR) is 69.6 cm³/mol. The van der Waals surface area contributed by atoms with Gasteiger partial charge in [0.15, 0.2) is 0 Å². The first-order valence-corrected chi connectivity index (χ1v) is 5.83. The second-order valence-corrected chi connectivity index (χ2v) is 4.29. The molecule has 0 aromatic heterocycles. The van der Waals surface area contributed by atoms with Crippen LogP contribution in [0.4, 0.5) is 4.39 Å². The molecule has 3 heteroatoms. The van der Waals surface area contributed by atoms with Crippen molar-refractivity contribution in [1.82, 2.24) is 0 Å². The molecule has 0 saturated carbocycles. The fourth-order valence-corrected chi connectivity index (χ4v) is 1.87. The van der Waals surface area contributed by atoms with Crippen LogP contribution in [0.5, 0.6) is 0 Å². The lowest BCUT2D eigenvalue weighted by atomic mass is 10.0. The average molecular weight is 250 g/mol. The van der Waals surface area contributed by atoms with Crippen LogP contribution in [0, 0.1) is 5.82 Å². The summed E-state index contributed by atoms with van der Waals surface area (Å²) in [4.78, 5) is 0. The Morgan fingerprint density at radius 3 is 2.29 bits per heavy atom. The first-order chi connectivity index (χ1) is 8.20. The zero-order valence-electron chi connectivity index (χ0n) is 9.29. The van der Waals surface area contributed by atoms with Gasteiger partial charge in [-0.15, -0.1) is 0 Å². The van der Waals surface area contributed by atoms with Crippen LogP contribution in [0.1, 0.15) is 5.56 Å². The van der Waals surface area contributed by atoms with Gasteiger partial charge < -0.3 is 5.73 Å². The molecule has 0 fully saturated rings. The van der Waals surface area contributed by atoms with Crippen molar-refractivity contribution in [2.24, 2.45) is 5.73 Å². The second kappa shape index (κ2) is 5.30. The van der Waals surface area contributed by atoms with Crippen LogP contribution in [0.2, 0.25) is 5.02 Å². The van der Waals surface area contributed by atoms with E-state index < -0.39 is 0 Å². The topological polar surface area (TPSA) is 26.0 Å². The molecular weight excluding hydrogens is 237 g/mol. The zero-order valence-corrected chi connectivity index (χ0v) is 10.0. The van der Waals surface area contributed by atoms with Gasteiger partial charge in [-0.2, -0.15) is 0 Å². The Hall–Kier alpha value is -1.38. The number of nitrogens with two attached hydrogens (primary N) is 1. The maximum atomic E-state index is 13.5. The fourth-order valence-electron chi connectivity index (χ4n) is 1.74. The highest BCUT2D eigenvalue weighted by atomic mass is 35.5. The van der Waals surface area contributed by atoms with Gasteiger partial charge in [-0.25, -0.2) is 4.39 Å². The number of halogens is 2. The fraction of sp³-hybridized carbons (Fsp3) is 0.143. The van der Waals surface area contributed by atoms with Crippen LogP contribution in [0.15, 0.2) is 42.5 Å². The number of rotatable bonds is 3. The lowest BCUT2D eigenvalue weighted by Gasteiger charge is -2.06. The van der Waals surface area contributed by atoms with E-state index in [1.54, 1.807) is 6.07 Å². The summed E-state index contributed by atoms with van der Waals surface area (Å²) in [6, 6.07) is 12.6. The normalized spacial score (nSPS) is 10.5. The van der Waals surface area contributed by atoms with E-state index >= 15 is 0 Å². The molecule has 2 aromatic carbocycles. The van der Waals surface area contributed by atoms with E-state index in [1.165, 1.54) is 6.07 Å². The van der Waals surface area contributed by atoms with Gasteiger partial charge in [0.25, 0.3) is 0 Å². The predicted octanol–water partition coefficient (Wildman–Crippen LogP) is 3.65. The maximum Gasteiger partial charge on any atom is 0.126 e. The second-order valence-electron chi connectivity index (χ2n) is 3.85. The molecule has 2 aromatic rings. The van der Waals surface area contributed by atoms with Gasteiger partial charge in [-0.3, -0.25) is 0 Å². The first kappa shape index (κ1) is 12.1. The van der Waals surface area contributed by atoms with Crippen LogP contribution < -0.4 is 5.73 Å². The van der Waals surface area contributed by atoms with Crippen LogP contribution in [0.3, 0.4) is 0 Å². The molecule has 88 valence electrons. The smallest absolute Gasteiger partial charge is 0.126 e. The number of hydrogen-bond donors (Lipinski definition) is 1. The van der Waals surface area contributed by atoms with Crippen molar-refractivity contribution in [3.05, 3.63) is 58.9 Å². The van der Waals surface area contributed by atoms with E-state index in [0.29, 0.717) is 23.6 Å². The monoisotopic (exact) mass is 249 g/mol. The molecule has 2 N–H and O–H groups in total. The lowest BCUT2D eigenvalue weighted by Crippen LogP contribution is -2.04. The molecule has 0 aliphatic rings. The summed E-state index contributed by atoms with van der Waals surface area (Å²) in [5, 5.41) is 0.693. The summed E-state index contributed by atoms with van der Waals surface area (Å²) in [7, 11) is 0. The van der Waals surface area contributed by atoms with E-state index in [-0.39, 0.29) is 5.82 Å². The lowest BCUT2D eigenvalue weighted by molar-refractivity contribution is 0.610. The molecule has 0 radical (unpaired) electrons. The Labute approximate surface area is 105 Å². The Morgan fingerprint density at radius 1 is 1.00 bits per heavy atom. The summed E-state index contributed by atoms with van der Waals surface area (Å²) in [6.07, 6.45) is 0.549. The molecular formula is C14H13ClFN. The van der Waals surface area contributed by atoms with E-state index in [2.05, 4.69) is 0 Å². The Morgan fingerprint density at radius 2 is 1.65 bits per heavy atom. The number of hydrogen-bond acceptors (Lipinski definition) is 1. The Balaban J connectivity index is 2.39. The largest absolute Gasteiger partial charge is 0.330 e. The molecule has 0 amide bonds. The number of benzene rings is 2. The van der Waals surface area contributed by atoms with Crippen molar-refractivity contribution >= 4 is 11.6 Å². The van der Waals surface area contributed by atoms with Gasteiger partial charge in [-0.05, 0) is 53.9 Å². The van der Waals surface area contributed by atoms with E-state index in [4.69, 9.17) is 17.3 Å². The standard InChI is InChI=1S/C14H13ClFN/c15-13-4-1-10(2-5-13)11-3-6-14(16)12(9-11)7-8-17/h1-6,9H,7-8,17H2. The molecule has 17 heavy (non-hydrogen) atoms. The maximum absolute atomic E-state index is 13.5. The van der Waals surface area contributed by atoms with Gasteiger partial charge in [-0.1, -0.05) is 29.8 Å². The van der Waals surface area contributed by atoms with Crippen LogP contribution in [-0.2, 0) is 6.42 Å². The minimum Gasteiger partial charge on any atom is -0.330 e. The van der Waals surface area contributed by atoms with Crippen molar-refractivity contribution < 1.29 is 4.39 Å². The summed E-state index contributed by atoms with van der Waals surface area (Å²) in [5.41, 5.74) is 8.11. The van der Waals surface area contributed by atoms with Gasteiger partial charge in [0.1, 0.15) is 5.82 Å². The molecule has 1 nitrogen and oxygen atoms in total. The summed E-state index contributed by atoms with van der Waals surface area (Å²) >= 11 is 5.83.